The molecule has 0 spiro atoms. The first kappa shape index (κ1) is 13.9. The molecule has 0 aliphatic rings. The Bertz CT molecular complexity index is 189. The van der Waals surface area contributed by atoms with Gasteiger partial charge in [-0.25, -0.2) is 0 Å². The highest BCUT2D eigenvalue weighted by Crippen LogP contribution is 1.96. The van der Waals surface area contributed by atoms with Crippen molar-refractivity contribution in [2.45, 2.75) is 12.8 Å². The summed E-state index contributed by atoms with van der Waals surface area (Å²) in [5.74, 6) is 0.561. The standard InChI is InChI=1S/C8H16NO3PS/c10-7(1-2-8(11)13)9-3-4-12-5-6-14/h14H,1-6,13H2,(H,9,10). The van der Waals surface area contributed by atoms with Gasteiger partial charge in [0, 0.05) is 25.1 Å². The SMILES string of the molecule is O=C(P)CCC(=O)NCCOCCS. The van der Waals surface area contributed by atoms with Gasteiger partial charge in [0.15, 0.2) is 0 Å². The molecule has 0 fully saturated rings. The molecule has 0 bridgehead atoms. The topological polar surface area (TPSA) is 55.4 Å². The van der Waals surface area contributed by atoms with Crippen LogP contribution in [-0.2, 0) is 14.3 Å². The molecule has 14 heavy (non-hydrogen) atoms. The molecule has 0 aliphatic heterocycles. The fourth-order valence-electron chi connectivity index (χ4n) is 0.754. The highest BCUT2D eigenvalue weighted by Gasteiger charge is 2.02. The van der Waals surface area contributed by atoms with Gasteiger partial charge in [-0.1, -0.05) is 9.24 Å². The molecule has 0 aliphatic carbocycles. The summed E-state index contributed by atoms with van der Waals surface area (Å²) >= 11 is 3.97. The second kappa shape index (κ2) is 9.44. The molecular formula is C8H16NO3PS. The predicted molar refractivity (Wildman–Crippen MR) is 61.6 cm³/mol. The molecule has 82 valence electrons. The van der Waals surface area contributed by atoms with E-state index in [1.165, 1.54) is 0 Å². The second-order valence-corrected chi connectivity index (χ2v) is 3.74. The van der Waals surface area contributed by atoms with Crippen LogP contribution in [-0.4, -0.2) is 36.9 Å². The van der Waals surface area contributed by atoms with Gasteiger partial charge in [0.1, 0.15) is 5.52 Å². The number of ether oxygens (including phenoxy) is 1. The maximum Gasteiger partial charge on any atom is 0.220 e. The van der Waals surface area contributed by atoms with Crippen LogP contribution in [0.15, 0.2) is 0 Å². The van der Waals surface area contributed by atoms with Crippen molar-refractivity contribution in [3.05, 3.63) is 0 Å². The van der Waals surface area contributed by atoms with Crippen LogP contribution in [0.25, 0.3) is 0 Å². The lowest BCUT2D eigenvalue weighted by atomic mass is 10.3. The van der Waals surface area contributed by atoms with E-state index >= 15 is 0 Å². The number of carbonyl (C=O) groups is 2. The van der Waals surface area contributed by atoms with E-state index in [0.717, 1.165) is 0 Å². The van der Waals surface area contributed by atoms with Crippen LogP contribution < -0.4 is 5.32 Å². The molecule has 1 amide bonds. The van der Waals surface area contributed by atoms with Gasteiger partial charge < -0.3 is 10.1 Å². The van der Waals surface area contributed by atoms with Crippen LogP contribution >= 0.6 is 21.9 Å². The minimum absolute atomic E-state index is 0.0496. The van der Waals surface area contributed by atoms with Gasteiger partial charge in [0.25, 0.3) is 0 Å². The maximum atomic E-state index is 11.0. The largest absolute Gasteiger partial charge is 0.379 e. The molecule has 0 aromatic carbocycles. The number of rotatable bonds is 8. The summed E-state index contributed by atoms with van der Waals surface area (Å²) in [4.78, 5) is 21.6. The molecule has 6 heteroatoms. The summed E-state index contributed by atoms with van der Waals surface area (Å²) in [7, 11) is 2.04. The van der Waals surface area contributed by atoms with Crippen LogP contribution in [0, 0.1) is 0 Å². The quantitative estimate of drug-likeness (QED) is 0.361. The van der Waals surface area contributed by atoms with E-state index in [0.29, 0.717) is 25.5 Å². The summed E-state index contributed by atoms with van der Waals surface area (Å²) in [6, 6.07) is 0. The van der Waals surface area contributed by atoms with Gasteiger partial charge in [0.05, 0.1) is 13.2 Å². The van der Waals surface area contributed by atoms with E-state index < -0.39 is 0 Å². The average Bonchev–Trinajstić information content (AvgIpc) is 2.14. The minimum Gasteiger partial charge on any atom is -0.379 e. The Kier molecular flexibility index (Phi) is 9.35. The zero-order chi connectivity index (χ0) is 10.8. The van der Waals surface area contributed by atoms with Crippen LogP contribution in [0.1, 0.15) is 12.8 Å². The zero-order valence-corrected chi connectivity index (χ0v) is 10.0. The number of hydrogen-bond donors (Lipinski definition) is 2. The first-order valence-corrected chi connectivity index (χ1v) is 5.61. The number of nitrogens with one attached hydrogen (secondary N) is 1. The van der Waals surface area contributed by atoms with Crippen molar-refractivity contribution in [3.63, 3.8) is 0 Å². The smallest absolute Gasteiger partial charge is 0.220 e. The molecule has 1 unspecified atom stereocenters. The van der Waals surface area contributed by atoms with Gasteiger partial charge in [-0.3, -0.25) is 9.59 Å². The molecule has 0 heterocycles. The Morgan fingerprint density at radius 3 is 2.57 bits per heavy atom. The van der Waals surface area contributed by atoms with Crippen molar-refractivity contribution in [3.8, 4) is 0 Å². The lowest BCUT2D eigenvalue weighted by Gasteiger charge is -2.04. The number of amides is 1. The second-order valence-electron chi connectivity index (χ2n) is 2.65. The molecular weight excluding hydrogens is 221 g/mol. The number of carbonyl (C=O) groups excluding carboxylic acids is 2. The maximum absolute atomic E-state index is 11.0. The van der Waals surface area contributed by atoms with E-state index in [2.05, 4.69) is 17.9 Å². The molecule has 0 radical (unpaired) electrons. The van der Waals surface area contributed by atoms with E-state index in [1.807, 2.05) is 9.24 Å². The van der Waals surface area contributed by atoms with E-state index in [4.69, 9.17) is 4.74 Å². The first-order chi connectivity index (χ1) is 6.66. The molecule has 0 aromatic rings. The van der Waals surface area contributed by atoms with Gasteiger partial charge in [-0.05, 0) is 0 Å². The van der Waals surface area contributed by atoms with E-state index in [9.17, 15) is 9.59 Å². The predicted octanol–water partition coefficient (Wildman–Crippen LogP) is 0.231. The lowest BCUT2D eigenvalue weighted by Crippen LogP contribution is -2.27. The highest BCUT2D eigenvalue weighted by atomic mass is 32.1. The number of hydrogen-bond acceptors (Lipinski definition) is 4. The summed E-state index contributed by atoms with van der Waals surface area (Å²) in [5.41, 5.74) is -0.0496. The third-order valence-electron chi connectivity index (χ3n) is 1.40. The number of thiol groups is 1. The molecule has 0 rings (SSSR count). The summed E-state index contributed by atoms with van der Waals surface area (Å²) in [5, 5.41) is 2.65. The molecule has 0 saturated carbocycles. The Hall–Kier alpha value is -0.120. The van der Waals surface area contributed by atoms with Crippen molar-refractivity contribution in [2.75, 3.05) is 25.5 Å². The average molecular weight is 237 g/mol. The van der Waals surface area contributed by atoms with Crippen molar-refractivity contribution < 1.29 is 14.3 Å². The van der Waals surface area contributed by atoms with Crippen LogP contribution in [0.4, 0.5) is 0 Å². The summed E-state index contributed by atoms with van der Waals surface area (Å²) in [6.07, 6.45) is 0.517. The monoisotopic (exact) mass is 237 g/mol. The Balaban J connectivity index is 3.22. The Morgan fingerprint density at radius 1 is 1.29 bits per heavy atom. The summed E-state index contributed by atoms with van der Waals surface area (Å²) in [6.45, 7) is 1.56. The summed E-state index contributed by atoms with van der Waals surface area (Å²) < 4.78 is 5.10. The third kappa shape index (κ3) is 9.96. The van der Waals surface area contributed by atoms with Crippen LogP contribution in [0.2, 0.25) is 0 Å². The van der Waals surface area contributed by atoms with Gasteiger partial charge in [-0.2, -0.15) is 12.6 Å². The molecule has 4 nitrogen and oxygen atoms in total. The molecule has 0 saturated heterocycles. The van der Waals surface area contributed by atoms with Crippen molar-refractivity contribution in [1.82, 2.24) is 5.32 Å². The van der Waals surface area contributed by atoms with Crippen LogP contribution in [0.5, 0.6) is 0 Å². The fraction of sp³-hybridized carbons (Fsp3) is 0.750. The van der Waals surface area contributed by atoms with Crippen molar-refractivity contribution >= 4 is 33.3 Å². The third-order valence-corrected chi connectivity index (χ3v) is 1.87. The van der Waals surface area contributed by atoms with Crippen molar-refractivity contribution in [1.29, 1.82) is 0 Å². The normalized spacial score (nSPS) is 9.86. The van der Waals surface area contributed by atoms with E-state index in [-0.39, 0.29) is 24.3 Å². The van der Waals surface area contributed by atoms with Gasteiger partial charge >= 0.3 is 0 Å². The van der Waals surface area contributed by atoms with Crippen LogP contribution in [0.3, 0.4) is 0 Å². The molecule has 1 atom stereocenters. The zero-order valence-electron chi connectivity index (χ0n) is 7.99. The molecule has 1 N–H and O–H groups in total. The van der Waals surface area contributed by atoms with Crippen molar-refractivity contribution in [2.24, 2.45) is 0 Å². The molecule has 0 aromatic heterocycles. The fourth-order valence-corrected chi connectivity index (χ4v) is 1.03. The van der Waals surface area contributed by atoms with Gasteiger partial charge in [0.2, 0.25) is 5.91 Å². The highest BCUT2D eigenvalue weighted by molar-refractivity contribution is 7.80. The Labute approximate surface area is 91.8 Å². The first-order valence-electron chi connectivity index (χ1n) is 4.40. The Morgan fingerprint density at radius 2 is 2.00 bits per heavy atom. The lowest BCUT2D eigenvalue weighted by molar-refractivity contribution is -0.123. The van der Waals surface area contributed by atoms with E-state index in [1.54, 1.807) is 0 Å². The minimum atomic E-state index is -0.115. The van der Waals surface area contributed by atoms with Gasteiger partial charge in [-0.15, -0.1) is 0 Å².